The molecule has 3 aromatic rings. The number of halogens is 2. The van der Waals surface area contributed by atoms with E-state index in [-0.39, 0.29) is 22.4 Å². The third-order valence-corrected chi connectivity index (χ3v) is 4.01. The van der Waals surface area contributed by atoms with E-state index in [1.165, 1.54) is 24.3 Å². The standard InChI is InChI=1S/C21H15F2NO3/c1-12-5-4-6-13(9-12)19-17(22)10-14(11-18(19)23)24-20(25)15-7-2-3-8-16(15)21(26)27/h2-11H,1H3,(H,24,25)(H,26,27). The second kappa shape index (κ2) is 7.37. The summed E-state index contributed by atoms with van der Waals surface area (Å²) in [6.45, 7) is 1.81. The molecule has 2 N–H and O–H groups in total. The first-order chi connectivity index (χ1) is 12.9. The van der Waals surface area contributed by atoms with Crippen LogP contribution >= 0.6 is 0 Å². The third-order valence-electron chi connectivity index (χ3n) is 4.01. The van der Waals surface area contributed by atoms with Crippen molar-refractivity contribution in [2.24, 2.45) is 0 Å². The minimum Gasteiger partial charge on any atom is -0.478 e. The van der Waals surface area contributed by atoms with Crippen LogP contribution in [-0.4, -0.2) is 17.0 Å². The highest BCUT2D eigenvalue weighted by Crippen LogP contribution is 2.29. The lowest BCUT2D eigenvalue weighted by atomic mass is 10.0. The average molecular weight is 367 g/mol. The maximum atomic E-state index is 14.5. The molecule has 0 radical (unpaired) electrons. The second-order valence-corrected chi connectivity index (χ2v) is 5.99. The van der Waals surface area contributed by atoms with Gasteiger partial charge in [0.2, 0.25) is 0 Å². The third kappa shape index (κ3) is 3.84. The predicted octanol–water partition coefficient (Wildman–Crippen LogP) is 4.89. The number of carboxylic acids is 1. The topological polar surface area (TPSA) is 66.4 Å². The first kappa shape index (κ1) is 18.3. The summed E-state index contributed by atoms with van der Waals surface area (Å²) in [5, 5.41) is 11.5. The Bertz CT molecular complexity index is 1020. The number of carbonyl (C=O) groups is 2. The lowest BCUT2D eigenvalue weighted by Crippen LogP contribution is -2.16. The Morgan fingerprint density at radius 3 is 2.11 bits per heavy atom. The molecule has 27 heavy (non-hydrogen) atoms. The van der Waals surface area contributed by atoms with Crippen LogP contribution in [0.3, 0.4) is 0 Å². The largest absolute Gasteiger partial charge is 0.478 e. The van der Waals surface area contributed by atoms with E-state index in [1.807, 2.05) is 13.0 Å². The highest BCUT2D eigenvalue weighted by molar-refractivity contribution is 6.10. The summed E-state index contributed by atoms with van der Waals surface area (Å²) in [6.07, 6.45) is 0. The van der Waals surface area contributed by atoms with E-state index in [2.05, 4.69) is 5.32 Å². The van der Waals surface area contributed by atoms with Crippen LogP contribution in [-0.2, 0) is 0 Å². The first-order valence-electron chi connectivity index (χ1n) is 8.06. The van der Waals surface area contributed by atoms with Gasteiger partial charge in [0.25, 0.3) is 5.91 Å². The molecule has 0 aliphatic rings. The molecule has 0 saturated heterocycles. The summed E-state index contributed by atoms with van der Waals surface area (Å²) >= 11 is 0. The normalized spacial score (nSPS) is 10.5. The molecule has 3 rings (SSSR count). The Morgan fingerprint density at radius 1 is 0.889 bits per heavy atom. The maximum absolute atomic E-state index is 14.5. The number of amides is 1. The van der Waals surface area contributed by atoms with E-state index in [0.717, 1.165) is 17.7 Å². The average Bonchev–Trinajstić information content (AvgIpc) is 2.61. The molecule has 0 spiro atoms. The van der Waals surface area contributed by atoms with Crippen molar-refractivity contribution in [3.05, 3.63) is 89.0 Å². The van der Waals surface area contributed by atoms with E-state index in [0.29, 0.717) is 5.56 Å². The predicted molar refractivity (Wildman–Crippen MR) is 97.9 cm³/mol. The minimum absolute atomic E-state index is 0.103. The molecule has 136 valence electrons. The van der Waals surface area contributed by atoms with Crippen molar-refractivity contribution in [2.75, 3.05) is 5.32 Å². The molecule has 0 atom stereocenters. The van der Waals surface area contributed by atoms with E-state index in [4.69, 9.17) is 5.11 Å². The molecule has 0 saturated carbocycles. The van der Waals surface area contributed by atoms with Crippen LogP contribution in [0.2, 0.25) is 0 Å². The summed E-state index contributed by atoms with van der Waals surface area (Å²) < 4.78 is 29.0. The number of anilines is 1. The zero-order chi connectivity index (χ0) is 19.6. The lowest BCUT2D eigenvalue weighted by molar-refractivity contribution is 0.0692. The molecule has 3 aromatic carbocycles. The van der Waals surface area contributed by atoms with Gasteiger partial charge < -0.3 is 10.4 Å². The fraction of sp³-hybridized carbons (Fsp3) is 0.0476. The Labute approximate surface area is 154 Å². The number of rotatable bonds is 4. The van der Waals surface area contributed by atoms with Gasteiger partial charge in [0.15, 0.2) is 0 Å². The van der Waals surface area contributed by atoms with Gasteiger partial charge in [0.05, 0.1) is 16.7 Å². The van der Waals surface area contributed by atoms with Gasteiger partial charge in [-0.15, -0.1) is 0 Å². The van der Waals surface area contributed by atoms with Crippen LogP contribution in [0.15, 0.2) is 60.7 Å². The van der Waals surface area contributed by atoms with Gasteiger partial charge in [-0.2, -0.15) is 0 Å². The van der Waals surface area contributed by atoms with Gasteiger partial charge in [0.1, 0.15) is 11.6 Å². The Hall–Kier alpha value is -3.54. The molecule has 0 unspecified atom stereocenters. The molecule has 6 heteroatoms. The monoisotopic (exact) mass is 367 g/mol. The van der Waals surface area contributed by atoms with E-state index < -0.39 is 23.5 Å². The number of carboxylic acid groups (broad SMARTS) is 1. The van der Waals surface area contributed by atoms with Gasteiger partial charge in [-0.05, 0) is 36.8 Å². The van der Waals surface area contributed by atoms with Crippen LogP contribution in [0.25, 0.3) is 11.1 Å². The molecule has 0 aromatic heterocycles. The lowest BCUT2D eigenvalue weighted by Gasteiger charge is -2.11. The maximum Gasteiger partial charge on any atom is 0.336 e. The summed E-state index contributed by atoms with van der Waals surface area (Å²) in [7, 11) is 0. The van der Waals surface area contributed by atoms with Crippen molar-refractivity contribution in [3.63, 3.8) is 0 Å². The molecule has 0 bridgehead atoms. The SMILES string of the molecule is Cc1cccc(-c2c(F)cc(NC(=O)c3ccccc3C(=O)O)cc2F)c1. The fourth-order valence-electron chi connectivity index (χ4n) is 2.79. The van der Waals surface area contributed by atoms with E-state index >= 15 is 0 Å². The van der Waals surface area contributed by atoms with Gasteiger partial charge in [-0.1, -0.05) is 42.0 Å². The van der Waals surface area contributed by atoms with Crippen molar-refractivity contribution in [3.8, 4) is 11.1 Å². The quantitative estimate of drug-likeness (QED) is 0.690. The minimum atomic E-state index is -1.27. The molecular formula is C21H15F2NO3. The molecule has 0 aliphatic carbocycles. The molecule has 0 aliphatic heterocycles. The van der Waals surface area contributed by atoms with Crippen molar-refractivity contribution >= 4 is 17.6 Å². The number of nitrogens with one attached hydrogen (secondary N) is 1. The summed E-state index contributed by atoms with van der Waals surface area (Å²) in [4.78, 5) is 23.6. The molecule has 0 fully saturated rings. The highest BCUT2D eigenvalue weighted by atomic mass is 19.1. The van der Waals surface area contributed by atoms with Crippen LogP contribution in [0.4, 0.5) is 14.5 Å². The van der Waals surface area contributed by atoms with Crippen molar-refractivity contribution < 1.29 is 23.5 Å². The van der Waals surface area contributed by atoms with Crippen LogP contribution < -0.4 is 5.32 Å². The highest BCUT2D eigenvalue weighted by Gasteiger charge is 2.18. The number of aryl methyl sites for hydroxylation is 1. The number of hydrogen-bond acceptors (Lipinski definition) is 2. The zero-order valence-electron chi connectivity index (χ0n) is 14.3. The number of carbonyl (C=O) groups excluding carboxylic acids is 1. The summed E-state index contributed by atoms with van der Waals surface area (Å²) in [5.74, 6) is -3.70. The summed E-state index contributed by atoms with van der Waals surface area (Å²) in [6, 6.07) is 14.4. The summed E-state index contributed by atoms with van der Waals surface area (Å²) in [5.41, 5.74) is 0.642. The van der Waals surface area contributed by atoms with Gasteiger partial charge >= 0.3 is 5.97 Å². The van der Waals surface area contributed by atoms with Gasteiger partial charge in [-0.3, -0.25) is 4.79 Å². The fourth-order valence-corrected chi connectivity index (χ4v) is 2.79. The van der Waals surface area contributed by atoms with Gasteiger partial charge in [0, 0.05) is 5.69 Å². The van der Waals surface area contributed by atoms with Crippen molar-refractivity contribution in [1.29, 1.82) is 0 Å². The zero-order valence-corrected chi connectivity index (χ0v) is 14.3. The van der Waals surface area contributed by atoms with Crippen LogP contribution in [0.5, 0.6) is 0 Å². The second-order valence-electron chi connectivity index (χ2n) is 5.99. The molecular weight excluding hydrogens is 352 g/mol. The first-order valence-corrected chi connectivity index (χ1v) is 8.06. The van der Waals surface area contributed by atoms with Crippen LogP contribution in [0, 0.1) is 18.6 Å². The molecule has 4 nitrogen and oxygen atoms in total. The van der Waals surface area contributed by atoms with E-state index in [1.54, 1.807) is 18.2 Å². The number of aromatic carboxylic acids is 1. The van der Waals surface area contributed by atoms with E-state index in [9.17, 15) is 18.4 Å². The number of benzene rings is 3. The van der Waals surface area contributed by atoms with Crippen molar-refractivity contribution in [2.45, 2.75) is 6.92 Å². The Morgan fingerprint density at radius 2 is 1.52 bits per heavy atom. The van der Waals surface area contributed by atoms with Crippen LogP contribution in [0.1, 0.15) is 26.3 Å². The number of hydrogen-bond donors (Lipinski definition) is 2. The molecule has 0 heterocycles. The van der Waals surface area contributed by atoms with Crippen molar-refractivity contribution in [1.82, 2.24) is 0 Å². The van der Waals surface area contributed by atoms with Gasteiger partial charge in [-0.25, -0.2) is 13.6 Å². The Balaban J connectivity index is 1.94. The molecule has 1 amide bonds. The Kier molecular flexibility index (Phi) is 4.98. The smallest absolute Gasteiger partial charge is 0.336 e.